The van der Waals surface area contributed by atoms with Gasteiger partial charge in [-0.05, 0) is 59.7 Å². The van der Waals surface area contributed by atoms with Crippen molar-refractivity contribution in [2.75, 3.05) is 11.5 Å². The van der Waals surface area contributed by atoms with E-state index in [1.165, 1.54) is 0 Å². The van der Waals surface area contributed by atoms with E-state index in [4.69, 9.17) is 16.3 Å². The van der Waals surface area contributed by atoms with Gasteiger partial charge in [-0.3, -0.25) is 4.79 Å². The van der Waals surface area contributed by atoms with Gasteiger partial charge in [0.05, 0.1) is 6.21 Å². The predicted molar refractivity (Wildman–Crippen MR) is 131 cm³/mol. The summed E-state index contributed by atoms with van der Waals surface area (Å²) in [6, 6.07) is 23.0. The van der Waals surface area contributed by atoms with Crippen molar-refractivity contribution in [2.24, 2.45) is 5.10 Å². The first-order valence-electron chi connectivity index (χ1n) is 9.81. The molecule has 158 valence electrons. The van der Waals surface area contributed by atoms with E-state index >= 15 is 0 Å². The number of hydrazone groups is 1. The molecule has 1 saturated heterocycles. The van der Waals surface area contributed by atoms with E-state index in [-0.39, 0.29) is 5.91 Å². The summed E-state index contributed by atoms with van der Waals surface area (Å²) in [5.41, 5.74) is 5.16. The molecule has 0 aromatic heterocycles. The molecule has 31 heavy (non-hydrogen) atoms. The second-order valence-corrected chi connectivity index (χ2v) is 9.55. The van der Waals surface area contributed by atoms with Crippen molar-refractivity contribution in [3.8, 4) is 5.75 Å². The second kappa shape index (κ2) is 10.8. The van der Waals surface area contributed by atoms with Crippen LogP contribution in [-0.2, 0) is 5.75 Å². The summed E-state index contributed by atoms with van der Waals surface area (Å²) in [5.74, 6) is 3.47. The van der Waals surface area contributed by atoms with Gasteiger partial charge in [0.1, 0.15) is 11.9 Å². The summed E-state index contributed by atoms with van der Waals surface area (Å²) >= 11 is 9.52. The number of carbonyl (C=O) groups excluding carboxylic acids is 1. The molecule has 1 aliphatic heterocycles. The lowest BCUT2D eigenvalue weighted by Crippen LogP contribution is -2.31. The first-order valence-corrected chi connectivity index (χ1v) is 12.3. The van der Waals surface area contributed by atoms with Crippen LogP contribution in [0.2, 0.25) is 5.02 Å². The smallest absolute Gasteiger partial charge is 0.271 e. The van der Waals surface area contributed by atoms with Crippen molar-refractivity contribution in [2.45, 2.75) is 16.8 Å². The molecule has 1 N–H and O–H groups in total. The van der Waals surface area contributed by atoms with Crippen molar-refractivity contribution in [3.05, 3.63) is 94.5 Å². The van der Waals surface area contributed by atoms with Crippen LogP contribution >= 0.6 is 35.1 Å². The molecule has 0 radical (unpaired) electrons. The van der Waals surface area contributed by atoms with Crippen LogP contribution in [0.5, 0.6) is 5.75 Å². The number of hydrogen-bond acceptors (Lipinski definition) is 5. The summed E-state index contributed by atoms with van der Waals surface area (Å²) in [4.78, 5) is 13.5. The molecule has 3 aromatic carbocycles. The van der Waals surface area contributed by atoms with E-state index in [1.807, 2.05) is 84.6 Å². The van der Waals surface area contributed by atoms with Crippen molar-refractivity contribution in [3.63, 3.8) is 0 Å². The molecule has 0 saturated carbocycles. The lowest BCUT2D eigenvalue weighted by Gasteiger charge is -2.25. The number of ether oxygens (including phenoxy) is 1. The van der Waals surface area contributed by atoms with Gasteiger partial charge in [-0.2, -0.15) is 16.9 Å². The zero-order chi connectivity index (χ0) is 21.5. The Bertz CT molecular complexity index is 1050. The number of amides is 1. The Morgan fingerprint density at radius 1 is 1.13 bits per heavy atom. The predicted octanol–water partition coefficient (Wildman–Crippen LogP) is 5.89. The molecule has 0 unspecified atom stereocenters. The normalized spacial score (nSPS) is 13.7. The highest BCUT2D eigenvalue weighted by Crippen LogP contribution is 2.25. The van der Waals surface area contributed by atoms with E-state index in [2.05, 4.69) is 10.5 Å². The Balaban J connectivity index is 1.27. The molecule has 1 aliphatic rings. The maximum absolute atomic E-state index is 12.3. The Morgan fingerprint density at radius 2 is 1.90 bits per heavy atom. The number of nitrogens with zero attached hydrogens (tertiary/aromatic N) is 1. The van der Waals surface area contributed by atoms with Crippen LogP contribution in [0.4, 0.5) is 0 Å². The number of hydrogen-bond donors (Lipinski definition) is 1. The van der Waals surface area contributed by atoms with Gasteiger partial charge in [0.25, 0.3) is 5.91 Å². The summed E-state index contributed by atoms with van der Waals surface area (Å²) in [7, 11) is 0. The zero-order valence-corrected chi connectivity index (χ0v) is 19.1. The molecule has 7 heteroatoms. The first-order chi connectivity index (χ1) is 15.2. The molecule has 0 atom stereocenters. The third-order valence-electron chi connectivity index (χ3n) is 4.58. The Kier molecular flexibility index (Phi) is 7.57. The van der Waals surface area contributed by atoms with Crippen molar-refractivity contribution < 1.29 is 9.53 Å². The van der Waals surface area contributed by atoms with Gasteiger partial charge in [0.2, 0.25) is 0 Å². The maximum Gasteiger partial charge on any atom is 0.271 e. The summed E-state index contributed by atoms with van der Waals surface area (Å²) in [6.45, 7) is 0. The number of carbonyl (C=O) groups is 1. The molecule has 4 nitrogen and oxygen atoms in total. The van der Waals surface area contributed by atoms with Crippen LogP contribution < -0.4 is 10.2 Å². The second-order valence-electron chi connectivity index (χ2n) is 6.99. The lowest BCUT2D eigenvalue weighted by molar-refractivity contribution is 0.0955. The number of halogens is 1. The minimum Gasteiger partial charge on any atom is -0.489 e. The number of thioether (sulfide) groups is 2. The molecule has 0 aliphatic carbocycles. The van der Waals surface area contributed by atoms with Crippen molar-refractivity contribution in [1.29, 1.82) is 0 Å². The molecule has 4 rings (SSSR count). The summed E-state index contributed by atoms with van der Waals surface area (Å²) in [6.07, 6.45) is 1.92. The summed E-state index contributed by atoms with van der Waals surface area (Å²) < 4.78 is 5.87. The van der Waals surface area contributed by atoms with Gasteiger partial charge in [-0.25, -0.2) is 5.43 Å². The van der Waals surface area contributed by atoms with Gasteiger partial charge in [0, 0.05) is 32.7 Å². The average molecular weight is 469 g/mol. The molecular weight excluding hydrogens is 448 g/mol. The van der Waals surface area contributed by atoms with Gasteiger partial charge >= 0.3 is 0 Å². The molecular formula is C24H21ClN2O2S2. The Morgan fingerprint density at radius 3 is 2.61 bits per heavy atom. The number of rotatable bonds is 8. The van der Waals surface area contributed by atoms with Gasteiger partial charge < -0.3 is 4.74 Å². The fourth-order valence-corrected chi connectivity index (χ4v) is 4.37. The van der Waals surface area contributed by atoms with E-state index in [9.17, 15) is 4.79 Å². The van der Waals surface area contributed by atoms with Crippen LogP contribution in [0.3, 0.4) is 0 Å². The third kappa shape index (κ3) is 6.53. The van der Waals surface area contributed by atoms with Gasteiger partial charge in [-0.15, -0.1) is 11.8 Å². The quantitative estimate of drug-likeness (QED) is 0.254. The highest BCUT2D eigenvalue weighted by molar-refractivity contribution is 8.00. The molecule has 0 bridgehead atoms. The fourth-order valence-electron chi connectivity index (χ4n) is 2.82. The van der Waals surface area contributed by atoms with Crippen LogP contribution in [0.25, 0.3) is 0 Å². The average Bonchev–Trinajstić information content (AvgIpc) is 2.76. The van der Waals surface area contributed by atoms with Crippen LogP contribution in [0, 0.1) is 0 Å². The Hall–Kier alpha value is -2.41. The zero-order valence-electron chi connectivity index (χ0n) is 16.7. The molecule has 1 heterocycles. The lowest BCUT2D eigenvalue weighted by atomic mass is 10.1. The molecule has 1 fully saturated rings. The topological polar surface area (TPSA) is 50.7 Å². The van der Waals surface area contributed by atoms with Crippen LogP contribution in [0.15, 0.2) is 82.8 Å². The highest BCUT2D eigenvalue weighted by Gasteiger charge is 2.19. The van der Waals surface area contributed by atoms with E-state index in [1.54, 1.807) is 18.0 Å². The van der Waals surface area contributed by atoms with Crippen LogP contribution in [0.1, 0.15) is 21.5 Å². The number of nitrogens with one attached hydrogen (secondary N) is 1. The van der Waals surface area contributed by atoms with Crippen molar-refractivity contribution in [1.82, 2.24) is 5.43 Å². The third-order valence-corrected chi connectivity index (χ3v) is 7.13. The highest BCUT2D eigenvalue weighted by atomic mass is 35.5. The van der Waals surface area contributed by atoms with Crippen molar-refractivity contribution >= 4 is 47.2 Å². The molecule has 0 spiro atoms. The van der Waals surface area contributed by atoms with E-state index in [0.29, 0.717) is 11.7 Å². The maximum atomic E-state index is 12.3. The summed E-state index contributed by atoms with van der Waals surface area (Å²) in [5, 5.41) is 4.81. The fraction of sp³-hybridized carbons (Fsp3) is 0.167. The molecule has 3 aromatic rings. The SMILES string of the molecule is O=C(N/N=C\c1cccc(OC2CSC2)c1)c1ccc(CSc2ccc(Cl)cc2)cc1. The standard InChI is InChI=1S/C24H21ClN2O2S2/c25-20-8-10-23(11-9-20)31-14-17-4-6-19(7-5-17)24(28)27-26-13-18-2-1-3-21(12-18)29-22-15-30-16-22/h1-13,22H,14-16H2,(H,27,28)/b26-13-. The monoisotopic (exact) mass is 468 g/mol. The number of benzene rings is 3. The van der Waals surface area contributed by atoms with E-state index < -0.39 is 0 Å². The van der Waals surface area contributed by atoms with Crippen LogP contribution in [-0.4, -0.2) is 29.7 Å². The van der Waals surface area contributed by atoms with E-state index in [0.717, 1.165) is 44.1 Å². The largest absolute Gasteiger partial charge is 0.489 e. The van der Waals surface area contributed by atoms with Gasteiger partial charge in [-0.1, -0.05) is 35.9 Å². The Labute approximate surface area is 195 Å². The minimum absolute atomic E-state index is 0.243. The molecule has 1 amide bonds. The van der Waals surface area contributed by atoms with Gasteiger partial charge in [0.15, 0.2) is 0 Å². The first kappa shape index (κ1) is 21.8. The minimum atomic E-state index is -0.243.